The Kier molecular flexibility index (Phi) is 7.34. The third kappa shape index (κ3) is 7.65. The summed E-state index contributed by atoms with van der Waals surface area (Å²) >= 11 is 0. The van der Waals surface area contributed by atoms with Crippen molar-refractivity contribution in [3.8, 4) is 0 Å². The Labute approximate surface area is 98.6 Å². The second-order valence-electron chi connectivity index (χ2n) is 4.91. The van der Waals surface area contributed by atoms with Gasteiger partial charge >= 0.3 is 5.97 Å². The van der Waals surface area contributed by atoms with Crippen LogP contribution in [0.25, 0.3) is 0 Å². The molecule has 4 heteroatoms. The standard InChI is InChI=1S/C12H25NO3/c1-5-9-16-10-8-13(12(2,3)4)7-6-11(14)15/h5-10H2,1-4H3,(H,14,15). The molecule has 16 heavy (non-hydrogen) atoms. The lowest BCUT2D eigenvalue weighted by atomic mass is 10.1. The molecule has 0 aliphatic carbocycles. The SMILES string of the molecule is CCCOCCN(CCC(=O)O)C(C)(C)C. The molecule has 96 valence electrons. The average Bonchev–Trinajstić information content (AvgIpc) is 2.14. The number of hydrogen-bond donors (Lipinski definition) is 1. The summed E-state index contributed by atoms with van der Waals surface area (Å²) in [4.78, 5) is 12.7. The van der Waals surface area contributed by atoms with Crippen LogP contribution < -0.4 is 0 Å². The van der Waals surface area contributed by atoms with Gasteiger partial charge in [0, 0.05) is 25.2 Å². The molecule has 0 saturated carbocycles. The van der Waals surface area contributed by atoms with E-state index in [1.807, 2.05) is 0 Å². The minimum Gasteiger partial charge on any atom is -0.481 e. The van der Waals surface area contributed by atoms with E-state index in [1.165, 1.54) is 0 Å². The van der Waals surface area contributed by atoms with Gasteiger partial charge < -0.3 is 9.84 Å². The Balaban J connectivity index is 3.97. The van der Waals surface area contributed by atoms with Gasteiger partial charge in [-0.3, -0.25) is 9.69 Å². The molecule has 0 heterocycles. The predicted octanol–water partition coefficient (Wildman–Crippen LogP) is 1.99. The van der Waals surface area contributed by atoms with Gasteiger partial charge in [0.1, 0.15) is 0 Å². The van der Waals surface area contributed by atoms with Crippen molar-refractivity contribution in [1.29, 1.82) is 0 Å². The molecule has 0 radical (unpaired) electrons. The summed E-state index contributed by atoms with van der Waals surface area (Å²) in [6.45, 7) is 11.2. The van der Waals surface area contributed by atoms with E-state index in [1.54, 1.807) is 0 Å². The number of ether oxygens (including phenoxy) is 1. The maximum Gasteiger partial charge on any atom is 0.304 e. The molecule has 4 nitrogen and oxygen atoms in total. The topological polar surface area (TPSA) is 49.8 Å². The number of rotatable bonds is 8. The zero-order chi connectivity index (χ0) is 12.6. The van der Waals surface area contributed by atoms with Gasteiger partial charge in [0.15, 0.2) is 0 Å². The van der Waals surface area contributed by atoms with Crippen LogP contribution >= 0.6 is 0 Å². The van der Waals surface area contributed by atoms with Gasteiger partial charge in [-0.2, -0.15) is 0 Å². The van der Waals surface area contributed by atoms with Crippen LogP contribution in [0.4, 0.5) is 0 Å². The quantitative estimate of drug-likeness (QED) is 0.649. The molecular weight excluding hydrogens is 206 g/mol. The molecule has 0 atom stereocenters. The molecule has 0 aliphatic heterocycles. The first kappa shape index (κ1) is 15.4. The lowest BCUT2D eigenvalue weighted by Crippen LogP contribution is -2.44. The first-order chi connectivity index (χ1) is 7.38. The van der Waals surface area contributed by atoms with E-state index in [9.17, 15) is 4.79 Å². The van der Waals surface area contributed by atoms with E-state index in [0.29, 0.717) is 13.2 Å². The molecular formula is C12H25NO3. The maximum absolute atomic E-state index is 10.5. The molecule has 0 aliphatic rings. The molecule has 0 aromatic rings. The van der Waals surface area contributed by atoms with Gasteiger partial charge in [-0.15, -0.1) is 0 Å². The number of carboxylic acids is 1. The van der Waals surface area contributed by atoms with E-state index in [4.69, 9.17) is 9.84 Å². The van der Waals surface area contributed by atoms with Crippen LogP contribution in [0.5, 0.6) is 0 Å². The fraction of sp³-hybridized carbons (Fsp3) is 0.917. The van der Waals surface area contributed by atoms with Crippen LogP contribution in [-0.4, -0.2) is 47.8 Å². The van der Waals surface area contributed by atoms with E-state index < -0.39 is 5.97 Å². The average molecular weight is 231 g/mol. The first-order valence-corrected chi connectivity index (χ1v) is 5.92. The summed E-state index contributed by atoms with van der Waals surface area (Å²) in [7, 11) is 0. The van der Waals surface area contributed by atoms with Gasteiger partial charge in [0.25, 0.3) is 0 Å². The van der Waals surface area contributed by atoms with E-state index in [0.717, 1.165) is 19.6 Å². The van der Waals surface area contributed by atoms with Gasteiger partial charge in [0.2, 0.25) is 0 Å². The molecule has 0 unspecified atom stereocenters. The molecule has 0 saturated heterocycles. The number of nitrogens with zero attached hydrogens (tertiary/aromatic N) is 1. The molecule has 0 bridgehead atoms. The number of aliphatic carboxylic acids is 1. The summed E-state index contributed by atoms with van der Waals surface area (Å²) in [5.74, 6) is -0.747. The summed E-state index contributed by atoms with van der Waals surface area (Å²) in [5.41, 5.74) is -0.00890. The zero-order valence-corrected chi connectivity index (χ0v) is 11.0. The van der Waals surface area contributed by atoms with Crippen molar-refractivity contribution in [2.75, 3.05) is 26.3 Å². The van der Waals surface area contributed by atoms with Crippen molar-refractivity contribution >= 4 is 5.97 Å². The van der Waals surface area contributed by atoms with Crippen LogP contribution in [0.1, 0.15) is 40.5 Å². The monoisotopic (exact) mass is 231 g/mol. The third-order valence-electron chi connectivity index (χ3n) is 2.40. The predicted molar refractivity (Wildman–Crippen MR) is 64.7 cm³/mol. The normalized spacial score (nSPS) is 12.1. The molecule has 0 spiro atoms. The summed E-state index contributed by atoms with van der Waals surface area (Å²) < 4.78 is 5.43. The third-order valence-corrected chi connectivity index (χ3v) is 2.40. The van der Waals surface area contributed by atoms with Crippen LogP contribution in [0, 0.1) is 0 Å². The number of carboxylic acid groups (broad SMARTS) is 1. The number of hydrogen-bond acceptors (Lipinski definition) is 3. The fourth-order valence-corrected chi connectivity index (χ4v) is 1.43. The van der Waals surface area contributed by atoms with Crippen molar-refractivity contribution in [2.45, 2.75) is 46.1 Å². The largest absolute Gasteiger partial charge is 0.481 e. The molecule has 0 amide bonds. The lowest BCUT2D eigenvalue weighted by molar-refractivity contribution is -0.137. The Bertz CT molecular complexity index is 199. The highest BCUT2D eigenvalue weighted by molar-refractivity contribution is 5.66. The smallest absolute Gasteiger partial charge is 0.304 e. The Morgan fingerprint density at radius 1 is 1.25 bits per heavy atom. The van der Waals surface area contributed by atoms with Gasteiger partial charge in [-0.05, 0) is 27.2 Å². The minimum atomic E-state index is -0.747. The molecule has 0 rings (SSSR count). The summed E-state index contributed by atoms with van der Waals surface area (Å²) in [5, 5.41) is 8.68. The Hall–Kier alpha value is -0.610. The molecule has 0 aromatic carbocycles. The summed E-state index contributed by atoms with van der Waals surface area (Å²) in [6.07, 6.45) is 1.20. The van der Waals surface area contributed by atoms with E-state index in [-0.39, 0.29) is 12.0 Å². The second kappa shape index (κ2) is 7.63. The van der Waals surface area contributed by atoms with Gasteiger partial charge in [-0.25, -0.2) is 0 Å². The second-order valence-corrected chi connectivity index (χ2v) is 4.91. The Morgan fingerprint density at radius 2 is 1.88 bits per heavy atom. The highest BCUT2D eigenvalue weighted by atomic mass is 16.5. The van der Waals surface area contributed by atoms with Crippen LogP contribution in [-0.2, 0) is 9.53 Å². The van der Waals surface area contributed by atoms with Crippen molar-refractivity contribution in [1.82, 2.24) is 4.90 Å². The van der Waals surface area contributed by atoms with Crippen LogP contribution in [0.2, 0.25) is 0 Å². The number of carbonyl (C=O) groups is 1. The summed E-state index contributed by atoms with van der Waals surface area (Å²) in [6, 6.07) is 0. The van der Waals surface area contributed by atoms with Crippen molar-refractivity contribution in [2.24, 2.45) is 0 Å². The van der Waals surface area contributed by atoms with Gasteiger partial charge in [0.05, 0.1) is 13.0 Å². The van der Waals surface area contributed by atoms with Crippen molar-refractivity contribution in [3.05, 3.63) is 0 Å². The van der Waals surface area contributed by atoms with Gasteiger partial charge in [-0.1, -0.05) is 6.92 Å². The zero-order valence-electron chi connectivity index (χ0n) is 11.0. The highest BCUT2D eigenvalue weighted by Gasteiger charge is 2.21. The van der Waals surface area contributed by atoms with E-state index >= 15 is 0 Å². The lowest BCUT2D eigenvalue weighted by Gasteiger charge is -2.35. The van der Waals surface area contributed by atoms with E-state index in [2.05, 4.69) is 32.6 Å². The minimum absolute atomic E-state index is 0.00890. The van der Waals surface area contributed by atoms with Crippen LogP contribution in [0.3, 0.4) is 0 Å². The molecule has 0 aromatic heterocycles. The van der Waals surface area contributed by atoms with Crippen molar-refractivity contribution < 1.29 is 14.6 Å². The van der Waals surface area contributed by atoms with Crippen molar-refractivity contribution in [3.63, 3.8) is 0 Å². The Morgan fingerprint density at radius 3 is 2.31 bits per heavy atom. The molecule has 0 fully saturated rings. The van der Waals surface area contributed by atoms with Crippen LogP contribution in [0.15, 0.2) is 0 Å². The molecule has 1 N–H and O–H groups in total. The highest BCUT2D eigenvalue weighted by Crippen LogP contribution is 2.13. The first-order valence-electron chi connectivity index (χ1n) is 5.92. The fourth-order valence-electron chi connectivity index (χ4n) is 1.43. The maximum atomic E-state index is 10.5.